The van der Waals surface area contributed by atoms with Crippen molar-refractivity contribution >= 4 is 23.9 Å². The van der Waals surface area contributed by atoms with Crippen LogP contribution in [0.15, 0.2) is 35.9 Å². The fourth-order valence-electron chi connectivity index (χ4n) is 3.75. The number of fused-ring (bicyclic) bond motifs is 1. The van der Waals surface area contributed by atoms with Gasteiger partial charge in [0, 0.05) is 17.9 Å². The van der Waals surface area contributed by atoms with Gasteiger partial charge in [-0.1, -0.05) is 26.0 Å². The van der Waals surface area contributed by atoms with Crippen molar-refractivity contribution in [1.82, 2.24) is 9.47 Å². The molecule has 1 aliphatic heterocycles. The van der Waals surface area contributed by atoms with Crippen LogP contribution >= 0.6 is 0 Å². The summed E-state index contributed by atoms with van der Waals surface area (Å²) in [6, 6.07) is 10.4. The molecule has 3 rings (SSSR count). The molecule has 7 nitrogen and oxygen atoms in total. The standard InChI is InChI=1S/C25H27N3O4/c1-16(2)9-10-27-17(3)13-19(18(27)4)14-20(15-26)25(31)32-12-11-28-23(29)21-7-5-6-8-22(21)24(28)30/h5-8,13-14,16H,9-12H2,1-4H3. The van der Waals surface area contributed by atoms with Crippen molar-refractivity contribution < 1.29 is 19.1 Å². The van der Waals surface area contributed by atoms with E-state index in [1.54, 1.807) is 24.3 Å². The van der Waals surface area contributed by atoms with Crippen LogP contribution in [0.25, 0.3) is 6.08 Å². The van der Waals surface area contributed by atoms with E-state index in [0.29, 0.717) is 17.0 Å². The molecule has 0 N–H and O–H groups in total. The first kappa shape index (κ1) is 23.0. The second-order valence-electron chi connectivity index (χ2n) is 8.27. The summed E-state index contributed by atoms with van der Waals surface area (Å²) >= 11 is 0. The van der Waals surface area contributed by atoms with Gasteiger partial charge in [-0.05, 0) is 56.0 Å². The van der Waals surface area contributed by atoms with Crippen LogP contribution in [0.4, 0.5) is 0 Å². The van der Waals surface area contributed by atoms with Crippen LogP contribution in [0, 0.1) is 31.1 Å². The molecule has 0 radical (unpaired) electrons. The first-order valence-corrected chi connectivity index (χ1v) is 10.7. The fraction of sp³-hybridized carbons (Fsp3) is 0.360. The van der Waals surface area contributed by atoms with Crippen LogP contribution in [0.3, 0.4) is 0 Å². The van der Waals surface area contributed by atoms with Crippen molar-refractivity contribution in [3.8, 4) is 6.07 Å². The van der Waals surface area contributed by atoms with Gasteiger partial charge in [-0.3, -0.25) is 14.5 Å². The molecule has 0 spiro atoms. The number of ether oxygens (including phenoxy) is 1. The van der Waals surface area contributed by atoms with Gasteiger partial charge in [-0.25, -0.2) is 4.79 Å². The maximum Gasteiger partial charge on any atom is 0.348 e. The zero-order chi connectivity index (χ0) is 23.4. The van der Waals surface area contributed by atoms with E-state index in [4.69, 9.17) is 4.74 Å². The van der Waals surface area contributed by atoms with Crippen molar-refractivity contribution in [1.29, 1.82) is 5.26 Å². The van der Waals surface area contributed by atoms with Crippen LogP contribution in [-0.4, -0.2) is 40.4 Å². The van der Waals surface area contributed by atoms with E-state index in [9.17, 15) is 19.6 Å². The molecule has 0 bridgehead atoms. The number of hydrogen-bond donors (Lipinski definition) is 0. The molecule has 2 aromatic rings. The third-order valence-corrected chi connectivity index (χ3v) is 5.61. The number of rotatable bonds is 8. The van der Waals surface area contributed by atoms with Crippen LogP contribution < -0.4 is 0 Å². The largest absolute Gasteiger partial charge is 0.460 e. The Hall–Kier alpha value is -3.66. The van der Waals surface area contributed by atoms with E-state index >= 15 is 0 Å². The van der Waals surface area contributed by atoms with E-state index in [1.807, 2.05) is 26.0 Å². The summed E-state index contributed by atoms with van der Waals surface area (Å²) in [6.07, 6.45) is 2.56. The SMILES string of the molecule is Cc1cc(C=C(C#N)C(=O)OCCN2C(=O)c3ccccc3C2=O)c(C)n1CCC(C)C. The minimum absolute atomic E-state index is 0.0689. The number of nitrogens with zero attached hydrogens (tertiary/aromatic N) is 3. The van der Waals surface area contributed by atoms with Crippen molar-refractivity contribution in [3.63, 3.8) is 0 Å². The number of imide groups is 1. The number of benzene rings is 1. The Balaban J connectivity index is 1.64. The van der Waals surface area contributed by atoms with Gasteiger partial charge < -0.3 is 9.30 Å². The molecule has 2 amide bonds. The molecule has 0 saturated carbocycles. The predicted octanol–water partition coefficient (Wildman–Crippen LogP) is 3.90. The van der Waals surface area contributed by atoms with Gasteiger partial charge in [-0.2, -0.15) is 5.26 Å². The zero-order valence-electron chi connectivity index (χ0n) is 18.8. The topological polar surface area (TPSA) is 92.4 Å². The molecule has 2 heterocycles. The minimum atomic E-state index is -0.781. The van der Waals surface area contributed by atoms with E-state index in [2.05, 4.69) is 18.4 Å². The highest BCUT2D eigenvalue weighted by Crippen LogP contribution is 2.22. The second-order valence-corrected chi connectivity index (χ2v) is 8.27. The third-order valence-electron chi connectivity index (χ3n) is 5.61. The van der Waals surface area contributed by atoms with Gasteiger partial charge in [-0.15, -0.1) is 0 Å². The smallest absolute Gasteiger partial charge is 0.348 e. The minimum Gasteiger partial charge on any atom is -0.460 e. The number of carbonyl (C=O) groups is 3. The molecule has 0 aliphatic carbocycles. The normalized spacial score (nSPS) is 13.5. The Morgan fingerprint density at radius 2 is 1.75 bits per heavy atom. The molecular weight excluding hydrogens is 406 g/mol. The monoisotopic (exact) mass is 433 g/mol. The summed E-state index contributed by atoms with van der Waals surface area (Å²) in [5.74, 6) is -1.03. The summed E-state index contributed by atoms with van der Waals surface area (Å²) in [4.78, 5) is 38.3. The molecule has 0 atom stereocenters. The average molecular weight is 434 g/mol. The third kappa shape index (κ3) is 4.65. The molecule has 1 aromatic carbocycles. The van der Waals surface area contributed by atoms with Crippen molar-refractivity contribution in [2.24, 2.45) is 5.92 Å². The molecule has 0 saturated heterocycles. The number of carbonyl (C=O) groups excluding carboxylic acids is 3. The molecule has 1 aromatic heterocycles. The Bertz CT molecular complexity index is 1100. The van der Waals surface area contributed by atoms with Crippen LogP contribution in [0.5, 0.6) is 0 Å². The highest BCUT2D eigenvalue weighted by molar-refractivity contribution is 6.21. The van der Waals surface area contributed by atoms with Crippen LogP contribution in [-0.2, 0) is 16.1 Å². The fourth-order valence-corrected chi connectivity index (χ4v) is 3.75. The molecule has 1 aliphatic rings. The molecular formula is C25H27N3O4. The number of esters is 1. The van der Waals surface area contributed by atoms with E-state index < -0.39 is 17.8 Å². The number of aromatic nitrogens is 1. The molecule has 166 valence electrons. The number of aryl methyl sites for hydroxylation is 1. The second kappa shape index (κ2) is 9.65. The van der Waals surface area contributed by atoms with E-state index in [-0.39, 0.29) is 18.7 Å². The van der Waals surface area contributed by atoms with Crippen molar-refractivity contribution in [2.45, 2.75) is 40.7 Å². The quantitative estimate of drug-likeness (QED) is 0.272. The summed E-state index contributed by atoms with van der Waals surface area (Å²) in [5.41, 5.74) is 3.39. The highest BCUT2D eigenvalue weighted by atomic mass is 16.5. The van der Waals surface area contributed by atoms with Crippen molar-refractivity contribution in [3.05, 3.63) is 64.0 Å². The lowest BCUT2D eigenvalue weighted by atomic mass is 10.1. The van der Waals surface area contributed by atoms with Gasteiger partial charge in [0.05, 0.1) is 17.7 Å². The van der Waals surface area contributed by atoms with Gasteiger partial charge in [0.2, 0.25) is 0 Å². The summed E-state index contributed by atoms with van der Waals surface area (Å²) in [7, 11) is 0. The van der Waals surface area contributed by atoms with E-state index in [1.165, 1.54) is 6.08 Å². The Morgan fingerprint density at radius 3 is 2.31 bits per heavy atom. The first-order chi connectivity index (χ1) is 15.2. The zero-order valence-corrected chi connectivity index (χ0v) is 18.8. The summed E-state index contributed by atoms with van der Waals surface area (Å²) < 4.78 is 7.37. The number of nitriles is 1. The first-order valence-electron chi connectivity index (χ1n) is 10.7. The Labute approximate surface area is 187 Å². The average Bonchev–Trinajstić information content (AvgIpc) is 3.17. The summed E-state index contributed by atoms with van der Waals surface area (Å²) in [6.45, 7) is 8.91. The van der Waals surface area contributed by atoms with Gasteiger partial charge in [0.15, 0.2) is 0 Å². The lowest BCUT2D eigenvalue weighted by Gasteiger charge is -2.13. The van der Waals surface area contributed by atoms with E-state index in [0.717, 1.165) is 34.8 Å². The molecule has 7 heteroatoms. The van der Waals surface area contributed by atoms with Gasteiger partial charge >= 0.3 is 5.97 Å². The van der Waals surface area contributed by atoms with Crippen LogP contribution in [0.2, 0.25) is 0 Å². The molecule has 32 heavy (non-hydrogen) atoms. The Kier molecular flexibility index (Phi) is 6.94. The maximum atomic E-state index is 12.4. The summed E-state index contributed by atoms with van der Waals surface area (Å²) in [5, 5.41) is 9.47. The Morgan fingerprint density at radius 1 is 1.12 bits per heavy atom. The lowest BCUT2D eigenvalue weighted by Crippen LogP contribution is -2.33. The lowest BCUT2D eigenvalue weighted by molar-refractivity contribution is -0.138. The highest BCUT2D eigenvalue weighted by Gasteiger charge is 2.34. The number of amides is 2. The van der Waals surface area contributed by atoms with Crippen molar-refractivity contribution in [2.75, 3.05) is 13.2 Å². The maximum absolute atomic E-state index is 12.4. The van der Waals surface area contributed by atoms with Gasteiger partial charge in [0.1, 0.15) is 18.2 Å². The molecule has 0 fully saturated rings. The molecule has 0 unspecified atom stereocenters. The van der Waals surface area contributed by atoms with Gasteiger partial charge in [0.25, 0.3) is 11.8 Å². The van der Waals surface area contributed by atoms with Crippen LogP contribution in [0.1, 0.15) is 57.9 Å². The predicted molar refractivity (Wildman–Crippen MR) is 120 cm³/mol. The number of hydrogen-bond acceptors (Lipinski definition) is 5.